The van der Waals surface area contributed by atoms with Gasteiger partial charge in [0.2, 0.25) is 11.9 Å². The maximum Gasteiger partial charge on any atom is 0.425 e. The van der Waals surface area contributed by atoms with Crippen LogP contribution in [-0.2, 0) is 31.3 Å². The number of nitrogens with one attached hydrogen (secondary N) is 2. The van der Waals surface area contributed by atoms with Gasteiger partial charge >= 0.3 is 21.2 Å². The molecule has 7 rings (SSSR count). The Morgan fingerprint density at radius 1 is 0.575 bits per heavy atom. The van der Waals surface area contributed by atoms with Crippen molar-refractivity contribution in [2.45, 2.75) is 44.7 Å². The molecule has 22 nitrogen and oxygen atoms in total. The van der Waals surface area contributed by atoms with E-state index < -0.39 is 31.3 Å². The van der Waals surface area contributed by atoms with Gasteiger partial charge < -0.3 is 29.9 Å². The summed E-state index contributed by atoms with van der Waals surface area (Å²) in [5, 5.41) is 29.0. The van der Waals surface area contributed by atoms with Gasteiger partial charge in [-0.25, -0.2) is 0 Å². The van der Waals surface area contributed by atoms with Crippen molar-refractivity contribution in [2.75, 3.05) is 66.6 Å². The van der Waals surface area contributed by atoms with Crippen molar-refractivity contribution in [3.05, 3.63) is 103 Å². The second-order valence-corrected chi connectivity index (χ2v) is 18.2. The number of ether oxygens (including phenoxy) is 2. The Bertz CT molecular complexity index is 3450. The van der Waals surface area contributed by atoms with Gasteiger partial charge in [0, 0.05) is 49.1 Å². The molecule has 0 saturated heterocycles. The quantitative estimate of drug-likeness (QED) is 0.0385. The number of hydrogen-bond donors (Lipinski definition) is 3. The number of thioether (sulfide) groups is 1. The summed E-state index contributed by atoms with van der Waals surface area (Å²) >= 11 is 1.43. The minimum atomic E-state index is -4.67. The van der Waals surface area contributed by atoms with E-state index in [1.165, 1.54) is 17.8 Å². The van der Waals surface area contributed by atoms with E-state index >= 15 is 0 Å². The molecule has 0 radical (unpaired) electrons. The third-order valence-electron chi connectivity index (χ3n) is 10.6. The van der Waals surface area contributed by atoms with E-state index in [2.05, 4.69) is 44.5 Å². The fraction of sp³-hybridized carbons (Fsp3) is 0.255. The Morgan fingerprint density at radius 2 is 1.01 bits per heavy atom. The predicted octanol–water partition coefficient (Wildman–Crippen LogP) is 10.6. The largest absolute Gasteiger partial charge is 0.494 e. The molecule has 0 aliphatic rings. The zero-order valence-electron chi connectivity index (χ0n) is 40.5. The molecule has 0 aliphatic carbocycles. The minimum absolute atomic E-state index is 0.0198. The fourth-order valence-corrected chi connectivity index (χ4v) is 8.58. The molecule has 1 aromatic heterocycles. The topological polar surface area (TPSA) is 294 Å². The molecule has 0 atom stereocenters. The highest BCUT2D eigenvalue weighted by molar-refractivity contribution is 7.99. The molecule has 26 heteroatoms. The second kappa shape index (κ2) is 26.7. The van der Waals surface area contributed by atoms with Gasteiger partial charge in [0.1, 0.15) is 33.5 Å². The minimum Gasteiger partial charge on any atom is -0.494 e. The highest BCUT2D eigenvalue weighted by Gasteiger charge is 2.22. The third-order valence-corrected chi connectivity index (χ3v) is 12.2. The van der Waals surface area contributed by atoms with Crippen LogP contribution in [0.2, 0.25) is 0 Å². The van der Waals surface area contributed by atoms with E-state index in [0.717, 1.165) is 35.2 Å². The molecule has 0 saturated carbocycles. The normalized spacial score (nSPS) is 11.1. The van der Waals surface area contributed by atoms with Gasteiger partial charge in [0.25, 0.3) is 10.1 Å². The van der Waals surface area contributed by atoms with Crippen molar-refractivity contribution in [2.24, 2.45) is 20.5 Å². The average molecular weight is 1070 g/mol. The maximum atomic E-state index is 12.6. The van der Waals surface area contributed by atoms with Crippen LogP contribution in [-0.4, -0.2) is 99.3 Å². The van der Waals surface area contributed by atoms with Crippen molar-refractivity contribution in [1.29, 1.82) is 0 Å². The lowest BCUT2D eigenvalue weighted by Crippen LogP contribution is -2.22. The van der Waals surface area contributed by atoms with Crippen LogP contribution in [0.25, 0.3) is 21.5 Å². The number of azo groups is 2. The summed E-state index contributed by atoms with van der Waals surface area (Å²) in [4.78, 5) is 18.4. The number of aromatic nitrogens is 3. The highest BCUT2D eigenvalue weighted by atomic mass is 32.2. The Kier molecular flexibility index (Phi) is 20.6. The SMILES string of the molecule is CCSc1nc(Nc2cc(N(CC)CC)c(OC)cc2N=Nc2cccc3ccccc23)nc(Nc2cc(N(CC)CC)c(OC)cc2N=Nc2c(S(=O)(=O)O)ccc3ccccc23)n1.O=S(=O)=O.O=S(=O)=O. The van der Waals surface area contributed by atoms with Crippen molar-refractivity contribution >= 4 is 122 Å². The van der Waals surface area contributed by atoms with Crippen molar-refractivity contribution in [1.82, 2.24) is 15.0 Å². The second-order valence-electron chi connectivity index (χ2n) is 14.8. The number of hydrogen-bond acceptors (Lipinski definition) is 22. The number of anilines is 6. The summed E-state index contributed by atoms with van der Waals surface area (Å²) in [6.07, 6.45) is 0. The first-order chi connectivity index (χ1) is 35.0. The molecule has 384 valence electrons. The average Bonchev–Trinajstić information content (AvgIpc) is 3.35. The molecular formula is C47H51N11O11S4. The van der Waals surface area contributed by atoms with Crippen LogP contribution in [0.1, 0.15) is 34.6 Å². The van der Waals surface area contributed by atoms with E-state index in [1.54, 1.807) is 38.5 Å². The number of rotatable bonds is 19. The number of nitrogens with zero attached hydrogens (tertiary/aromatic N) is 9. The van der Waals surface area contributed by atoms with Crippen LogP contribution >= 0.6 is 11.8 Å². The Labute approximate surface area is 428 Å². The predicted molar refractivity (Wildman–Crippen MR) is 281 cm³/mol. The van der Waals surface area contributed by atoms with Crippen molar-refractivity contribution in [3.8, 4) is 11.5 Å². The van der Waals surface area contributed by atoms with Gasteiger partial charge in [0.05, 0.1) is 42.7 Å². The molecule has 0 bridgehead atoms. The summed E-state index contributed by atoms with van der Waals surface area (Å²) in [6, 6.07) is 31.3. The van der Waals surface area contributed by atoms with Crippen LogP contribution in [0.5, 0.6) is 11.5 Å². The molecule has 0 fully saturated rings. The first-order valence-electron chi connectivity index (χ1n) is 22.2. The number of benzene rings is 6. The molecule has 6 aromatic carbocycles. The molecule has 73 heavy (non-hydrogen) atoms. The van der Waals surface area contributed by atoms with Gasteiger partial charge in [-0.2, -0.15) is 23.4 Å². The zero-order valence-corrected chi connectivity index (χ0v) is 43.8. The van der Waals surface area contributed by atoms with Crippen molar-refractivity contribution in [3.63, 3.8) is 0 Å². The van der Waals surface area contributed by atoms with Crippen LogP contribution in [0.4, 0.5) is 57.4 Å². The Hall–Kier alpha value is -7.65. The molecule has 0 spiro atoms. The Morgan fingerprint density at radius 3 is 1.48 bits per heavy atom. The van der Waals surface area contributed by atoms with Gasteiger partial charge in [-0.3, -0.25) is 4.55 Å². The summed E-state index contributed by atoms with van der Waals surface area (Å²) in [6.45, 7) is 13.1. The monoisotopic (exact) mass is 1070 g/mol. The molecule has 0 amide bonds. The smallest absolute Gasteiger partial charge is 0.425 e. The maximum absolute atomic E-state index is 12.6. The molecule has 7 aromatic rings. The standard InChI is InChI=1S/C47H51N11O5S2.2O3S/c1-8-57(9-2)39-26-35(37(28-41(39)62-6)54-53-34-23-17-20-30-18-13-15-21-32(30)34)48-45-50-46(52-47(51-45)64-12-5)49-36-27-40(58(10-3)11-4)42(63-7)29-38(36)55-56-44-33-22-16-14-19-31(33)24-25-43(44)65(59,60)61;2*1-4(2)3/h13-29H,8-12H2,1-7H3,(H,59,60,61)(H2,48,49,50,51,52);;. The molecule has 3 N–H and O–H groups in total. The van der Waals surface area contributed by atoms with Gasteiger partial charge in [-0.1, -0.05) is 85.4 Å². The van der Waals surface area contributed by atoms with Crippen molar-refractivity contribution < 1.29 is 47.7 Å². The zero-order chi connectivity index (χ0) is 53.2. The molecule has 0 unspecified atom stereocenters. The van der Waals surface area contributed by atoms with E-state index in [0.29, 0.717) is 69.0 Å². The number of methoxy groups -OCH3 is 2. The number of fused-ring (bicyclic) bond motifs is 2. The van der Waals surface area contributed by atoms with Crippen LogP contribution in [0, 0.1) is 0 Å². The lowest BCUT2D eigenvalue weighted by molar-refractivity contribution is 0.414. The lowest BCUT2D eigenvalue weighted by Gasteiger charge is -2.25. The molecule has 1 heterocycles. The fourth-order valence-electron chi connectivity index (χ4n) is 7.39. The lowest BCUT2D eigenvalue weighted by atomic mass is 10.1. The van der Waals surface area contributed by atoms with Crippen LogP contribution < -0.4 is 29.9 Å². The van der Waals surface area contributed by atoms with Gasteiger partial charge in [-0.05, 0) is 68.5 Å². The summed E-state index contributed by atoms with van der Waals surface area (Å²) < 4.78 is 97.9. The van der Waals surface area contributed by atoms with E-state index in [4.69, 9.17) is 59.9 Å². The van der Waals surface area contributed by atoms with Crippen LogP contribution in [0.3, 0.4) is 0 Å². The third kappa shape index (κ3) is 15.2. The Balaban J connectivity index is 0.00000115. The summed E-state index contributed by atoms with van der Waals surface area (Å²) in [5.74, 6) is 2.23. The van der Waals surface area contributed by atoms with Gasteiger partial charge in [0.15, 0.2) is 5.16 Å². The van der Waals surface area contributed by atoms with Gasteiger partial charge in [-0.15, -0.1) is 45.7 Å². The van der Waals surface area contributed by atoms with E-state index in [-0.39, 0.29) is 28.2 Å². The summed E-state index contributed by atoms with van der Waals surface area (Å²) in [7, 11) is -7.69. The highest BCUT2D eigenvalue weighted by Crippen LogP contribution is 2.44. The van der Waals surface area contributed by atoms with E-state index in [9.17, 15) is 13.0 Å². The first kappa shape index (κ1) is 56.3. The molecule has 0 aliphatic heterocycles. The molecular weight excluding hydrogens is 1020 g/mol. The first-order valence-corrected chi connectivity index (χ1v) is 26.6. The van der Waals surface area contributed by atoms with E-state index in [1.807, 2.05) is 93.6 Å². The summed E-state index contributed by atoms with van der Waals surface area (Å²) in [5.41, 5.74) is 4.09. The van der Waals surface area contributed by atoms with Crippen LogP contribution in [0.15, 0.2) is 134 Å².